The Kier molecular flexibility index (Phi) is 5.37. The molecule has 0 aliphatic rings. The van der Waals surface area contributed by atoms with Crippen molar-refractivity contribution in [2.45, 2.75) is 0 Å². The van der Waals surface area contributed by atoms with Crippen molar-refractivity contribution in [3.8, 4) is 45.8 Å². The molecule has 33 heavy (non-hydrogen) atoms. The van der Waals surface area contributed by atoms with Gasteiger partial charge in [-0.2, -0.15) is 0 Å². The van der Waals surface area contributed by atoms with Gasteiger partial charge in [0.2, 0.25) is 11.2 Å². The second kappa shape index (κ2) is 8.31. The van der Waals surface area contributed by atoms with Crippen molar-refractivity contribution in [3.63, 3.8) is 0 Å². The molecule has 0 saturated carbocycles. The summed E-state index contributed by atoms with van der Waals surface area (Å²) in [6.45, 7) is 0. The van der Waals surface area contributed by atoms with Gasteiger partial charge in [-0.25, -0.2) is 4.79 Å². The van der Waals surface area contributed by atoms with Crippen LogP contribution in [-0.2, 0) is 4.79 Å². The van der Waals surface area contributed by atoms with Gasteiger partial charge in [-0.15, -0.1) is 0 Å². The van der Waals surface area contributed by atoms with Crippen LogP contribution in [0.4, 0.5) is 0 Å². The van der Waals surface area contributed by atoms with Gasteiger partial charge in [0.25, 0.3) is 0 Å². The summed E-state index contributed by atoms with van der Waals surface area (Å²) in [5.74, 6) is -3.65. The first-order valence-electron chi connectivity index (χ1n) is 9.47. The van der Waals surface area contributed by atoms with Crippen LogP contribution in [-0.4, -0.2) is 31.5 Å². The van der Waals surface area contributed by atoms with Gasteiger partial charge in [0.1, 0.15) is 28.2 Å². The summed E-state index contributed by atoms with van der Waals surface area (Å²) in [5, 5.41) is 48.3. The lowest BCUT2D eigenvalue weighted by Gasteiger charge is -2.11. The van der Waals surface area contributed by atoms with E-state index in [0.29, 0.717) is 5.56 Å². The Balaban J connectivity index is 1.83. The largest absolute Gasteiger partial charge is 0.508 e. The van der Waals surface area contributed by atoms with E-state index in [1.54, 1.807) is 12.1 Å². The third-order valence-corrected chi connectivity index (χ3v) is 4.66. The van der Waals surface area contributed by atoms with Crippen molar-refractivity contribution in [2.75, 3.05) is 0 Å². The summed E-state index contributed by atoms with van der Waals surface area (Å²) in [7, 11) is 0. The average Bonchev–Trinajstić information content (AvgIpc) is 2.76. The molecule has 0 aliphatic heterocycles. The van der Waals surface area contributed by atoms with Crippen molar-refractivity contribution < 1.29 is 39.5 Å². The molecule has 3 aromatic carbocycles. The minimum absolute atomic E-state index is 0.0520. The third-order valence-electron chi connectivity index (χ3n) is 4.66. The number of benzene rings is 3. The molecule has 0 unspecified atom stereocenters. The van der Waals surface area contributed by atoms with Crippen LogP contribution in [0.25, 0.3) is 28.4 Å². The third kappa shape index (κ3) is 4.28. The smallest absolute Gasteiger partial charge is 0.336 e. The molecular weight excluding hydrogens is 432 g/mol. The minimum Gasteiger partial charge on any atom is -0.508 e. The van der Waals surface area contributed by atoms with Gasteiger partial charge in [-0.05, 0) is 42.0 Å². The van der Waals surface area contributed by atoms with Crippen LogP contribution in [0.1, 0.15) is 5.56 Å². The quantitative estimate of drug-likeness (QED) is 0.179. The van der Waals surface area contributed by atoms with Crippen molar-refractivity contribution >= 4 is 23.0 Å². The number of phenolic OH excluding ortho intramolecular Hbond substituents is 5. The molecule has 0 amide bonds. The number of fused-ring (bicyclic) bond motifs is 1. The number of phenols is 5. The van der Waals surface area contributed by atoms with Crippen LogP contribution in [0, 0.1) is 0 Å². The van der Waals surface area contributed by atoms with E-state index < -0.39 is 34.4 Å². The van der Waals surface area contributed by atoms with Gasteiger partial charge in [-0.3, -0.25) is 4.79 Å². The predicted octanol–water partition coefficient (Wildman–Crippen LogP) is 3.61. The average molecular weight is 448 g/mol. The van der Waals surface area contributed by atoms with E-state index in [9.17, 15) is 35.1 Å². The topological polar surface area (TPSA) is 158 Å². The highest BCUT2D eigenvalue weighted by molar-refractivity contribution is 5.92. The summed E-state index contributed by atoms with van der Waals surface area (Å²) in [6, 6.07) is 11.5. The van der Waals surface area contributed by atoms with Crippen molar-refractivity contribution in [3.05, 3.63) is 76.5 Å². The van der Waals surface area contributed by atoms with Gasteiger partial charge < -0.3 is 34.7 Å². The molecule has 1 aromatic heterocycles. The van der Waals surface area contributed by atoms with Gasteiger partial charge in [0, 0.05) is 23.8 Å². The number of rotatable bonds is 4. The molecule has 0 radical (unpaired) electrons. The minimum atomic E-state index is -0.947. The lowest BCUT2D eigenvalue weighted by molar-refractivity contribution is -0.129. The molecule has 0 fully saturated rings. The lowest BCUT2D eigenvalue weighted by Crippen LogP contribution is -2.14. The Bertz CT molecular complexity index is 1460. The number of ether oxygens (including phenoxy) is 1. The van der Waals surface area contributed by atoms with E-state index in [0.717, 1.165) is 30.3 Å². The zero-order valence-corrected chi connectivity index (χ0v) is 16.7. The zero-order chi connectivity index (χ0) is 23.7. The number of carbonyl (C=O) groups is 1. The molecule has 0 saturated heterocycles. The molecule has 0 bridgehead atoms. The van der Waals surface area contributed by atoms with Crippen molar-refractivity contribution in [1.29, 1.82) is 0 Å². The summed E-state index contributed by atoms with van der Waals surface area (Å²) in [5.41, 5.74) is -0.438. The fraction of sp³-hybridized carbons (Fsp3) is 0. The Morgan fingerprint density at radius 2 is 1.55 bits per heavy atom. The molecule has 166 valence electrons. The van der Waals surface area contributed by atoms with Crippen LogP contribution in [0.2, 0.25) is 0 Å². The van der Waals surface area contributed by atoms with Crippen LogP contribution < -0.4 is 10.2 Å². The fourth-order valence-corrected chi connectivity index (χ4v) is 3.10. The normalized spacial score (nSPS) is 11.2. The second-order valence-corrected chi connectivity index (χ2v) is 6.98. The number of aromatic hydroxyl groups is 5. The second-order valence-electron chi connectivity index (χ2n) is 6.98. The number of carbonyl (C=O) groups excluding carboxylic acids is 1. The maximum Gasteiger partial charge on any atom is 0.336 e. The highest BCUT2D eigenvalue weighted by Gasteiger charge is 2.23. The van der Waals surface area contributed by atoms with E-state index in [1.807, 2.05) is 0 Å². The highest BCUT2D eigenvalue weighted by atomic mass is 16.5. The van der Waals surface area contributed by atoms with Crippen molar-refractivity contribution in [2.24, 2.45) is 0 Å². The summed E-state index contributed by atoms with van der Waals surface area (Å²) in [4.78, 5) is 25.6. The van der Waals surface area contributed by atoms with Crippen LogP contribution in [0.5, 0.6) is 34.5 Å². The highest BCUT2D eigenvalue weighted by Crippen LogP contribution is 2.38. The van der Waals surface area contributed by atoms with Crippen LogP contribution >= 0.6 is 0 Å². The Morgan fingerprint density at radius 3 is 2.24 bits per heavy atom. The summed E-state index contributed by atoms with van der Waals surface area (Å²) < 4.78 is 10.9. The maximum absolute atomic E-state index is 13.1. The molecule has 0 spiro atoms. The Labute approximate surface area is 185 Å². The zero-order valence-electron chi connectivity index (χ0n) is 16.7. The van der Waals surface area contributed by atoms with Crippen LogP contribution in [0.3, 0.4) is 0 Å². The summed E-state index contributed by atoms with van der Waals surface area (Å²) in [6.07, 6.45) is 2.44. The molecule has 5 N–H and O–H groups in total. The van der Waals surface area contributed by atoms with E-state index in [2.05, 4.69) is 0 Å². The van der Waals surface area contributed by atoms with Gasteiger partial charge in [-0.1, -0.05) is 12.1 Å². The van der Waals surface area contributed by atoms with E-state index in [1.165, 1.54) is 24.3 Å². The van der Waals surface area contributed by atoms with Gasteiger partial charge >= 0.3 is 5.97 Å². The first-order valence-corrected chi connectivity index (χ1v) is 9.47. The van der Waals surface area contributed by atoms with Gasteiger partial charge in [0.05, 0.1) is 0 Å². The van der Waals surface area contributed by atoms with E-state index in [-0.39, 0.29) is 33.8 Å². The Hall–Kier alpha value is -4.92. The van der Waals surface area contributed by atoms with E-state index in [4.69, 9.17) is 9.15 Å². The SMILES string of the molecule is O=C(/C=C/c1ccc(O)cc1)Oc1c(-c2ccc(O)c(O)c2)oc2cc(O)cc(O)c2c1=O. The molecule has 9 nitrogen and oxygen atoms in total. The standard InChI is InChI=1S/C24H16O9/c25-14-5-1-12(2-6-14)3-8-20(30)33-24-22(31)21-18(29)10-15(26)11-19(21)32-23(24)13-4-7-16(27)17(28)9-13/h1-11,25-29H/b8-3+. The number of hydrogen-bond acceptors (Lipinski definition) is 9. The first-order chi connectivity index (χ1) is 15.7. The molecule has 4 aromatic rings. The van der Waals surface area contributed by atoms with Gasteiger partial charge in [0.15, 0.2) is 17.3 Å². The molecule has 0 aliphatic carbocycles. The fourth-order valence-electron chi connectivity index (χ4n) is 3.10. The lowest BCUT2D eigenvalue weighted by atomic mass is 10.1. The van der Waals surface area contributed by atoms with Crippen molar-refractivity contribution in [1.82, 2.24) is 0 Å². The number of hydrogen-bond donors (Lipinski definition) is 5. The molecule has 9 heteroatoms. The maximum atomic E-state index is 13.1. The molecular formula is C24H16O9. The number of esters is 1. The Morgan fingerprint density at radius 1 is 0.818 bits per heavy atom. The predicted molar refractivity (Wildman–Crippen MR) is 117 cm³/mol. The molecule has 1 heterocycles. The van der Waals surface area contributed by atoms with Crippen LogP contribution in [0.15, 0.2) is 69.9 Å². The summed E-state index contributed by atoms with van der Waals surface area (Å²) >= 11 is 0. The molecule has 0 atom stereocenters. The van der Waals surface area contributed by atoms with E-state index >= 15 is 0 Å². The first kappa shape index (κ1) is 21.3. The monoisotopic (exact) mass is 448 g/mol. The molecule has 4 rings (SSSR count).